The molecular weight excluding hydrogens is 233 g/mol. The van der Waals surface area contributed by atoms with E-state index in [4.69, 9.17) is 0 Å². The van der Waals surface area contributed by atoms with Crippen molar-refractivity contribution in [2.45, 2.75) is 24.5 Å². The zero-order chi connectivity index (χ0) is 6.53. The van der Waals surface area contributed by atoms with E-state index in [9.17, 15) is 0 Å². The molecule has 0 aromatic heterocycles. The zero-order valence-corrected chi connectivity index (χ0v) is 8.76. The van der Waals surface area contributed by atoms with Crippen LogP contribution in [0.4, 0.5) is 0 Å². The smallest absolute Gasteiger partial charge is 0 e. The molecule has 0 bridgehead atoms. The third-order valence-corrected chi connectivity index (χ3v) is 2.81. The van der Waals surface area contributed by atoms with Crippen LogP contribution in [0.2, 0.25) is 0 Å². The van der Waals surface area contributed by atoms with Crippen LogP contribution in [0.3, 0.4) is 0 Å². The van der Waals surface area contributed by atoms with Gasteiger partial charge in [-0.3, -0.25) is 0 Å². The molecule has 3 heteroatoms. The predicted molar refractivity (Wildman–Crippen MR) is 44.2 cm³/mol. The minimum atomic E-state index is 0. The van der Waals surface area contributed by atoms with Crippen molar-refractivity contribution in [2.75, 3.05) is 19.3 Å². The van der Waals surface area contributed by atoms with Crippen LogP contribution in [0, 0.1) is 0 Å². The van der Waals surface area contributed by atoms with Gasteiger partial charge in [-0.25, -0.2) is 0 Å². The summed E-state index contributed by atoms with van der Waals surface area (Å²) in [7, 11) is 0. The molecule has 1 heterocycles. The average molecular weight is 247 g/mol. The third kappa shape index (κ3) is 3.95. The molecule has 1 rings (SSSR count). The molecule has 1 radical (unpaired) electrons. The minimum absolute atomic E-state index is 0. The number of rotatable bonds is 1. The van der Waals surface area contributed by atoms with E-state index in [0.29, 0.717) is 0 Å². The third-order valence-electron chi connectivity index (χ3n) is 1.76. The second kappa shape index (κ2) is 6.63. The van der Waals surface area contributed by atoms with Crippen molar-refractivity contribution in [3.8, 4) is 0 Å². The standard InChI is InChI=1S/C7H14NS.Rh/c1-9-7-4-2-3-5-8-6-7;/h7H,2-6H2,1H3;/q-1;. The number of nitrogens with zero attached hydrogens (tertiary/aromatic N) is 1. The van der Waals surface area contributed by atoms with Gasteiger partial charge in [0.1, 0.15) is 0 Å². The summed E-state index contributed by atoms with van der Waals surface area (Å²) < 4.78 is 0. The largest absolute Gasteiger partial charge is 0.661 e. The maximum atomic E-state index is 4.40. The Morgan fingerprint density at radius 2 is 2.20 bits per heavy atom. The quantitative estimate of drug-likeness (QED) is 0.648. The van der Waals surface area contributed by atoms with Gasteiger partial charge in [-0.2, -0.15) is 11.8 Å². The summed E-state index contributed by atoms with van der Waals surface area (Å²) in [6.45, 7) is 2.21. The Bertz CT molecular complexity index is 72.0. The van der Waals surface area contributed by atoms with E-state index in [1.54, 1.807) is 0 Å². The van der Waals surface area contributed by atoms with Gasteiger partial charge in [0.25, 0.3) is 0 Å². The van der Waals surface area contributed by atoms with E-state index in [2.05, 4.69) is 11.6 Å². The Morgan fingerprint density at radius 1 is 1.40 bits per heavy atom. The van der Waals surface area contributed by atoms with Gasteiger partial charge >= 0.3 is 0 Å². The van der Waals surface area contributed by atoms with Crippen LogP contribution in [-0.4, -0.2) is 24.6 Å². The summed E-state index contributed by atoms with van der Waals surface area (Å²) >= 11 is 1.97. The van der Waals surface area contributed by atoms with Crippen molar-refractivity contribution in [1.82, 2.24) is 0 Å². The fourth-order valence-corrected chi connectivity index (χ4v) is 1.77. The van der Waals surface area contributed by atoms with E-state index in [0.717, 1.165) is 18.3 Å². The van der Waals surface area contributed by atoms with Crippen LogP contribution < -0.4 is 0 Å². The Hall–Kier alpha value is 0.933. The molecule has 1 fully saturated rings. The molecular formula is C7H14NRhS-. The molecule has 1 saturated heterocycles. The summed E-state index contributed by atoms with van der Waals surface area (Å²) in [6.07, 6.45) is 6.27. The Morgan fingerprint density at radius 3 is 2.90 bits per heavy atom. The molecule has 0 amide bonds. The SMILES string of the molecule is CSC1CCCC[N-]C1.[Rh]. The summed E-state index contributed by atoms with van der Waals surface area (Å²) in [5.41, 5.74) is 0. The first kappa shape index (κ1) is 10.9. The number of hydrogen-bond donors (Lipinski definition) is 0. The van der Waals surface area contributed by atoms with Crippen molar-refractivity contribution < 1.29 is 19.5 Å². The fourth-order valence-electron chi connectivity index (χ4n) is 1.11. The molecule has 10 heavy (non-hydrogen) atoms. The monoisotopic (exact) mass is 247 g/mol. The van der Waals surface area contributed by atoms with Gasteiger partial charge in [0, 0.05) is 19.5 Å². The van der Waals surface area contributed by atoms with Crippen LogP contribution in [0.5, 0.6) is 0 Å². The average Bonchev–Trinajstić information content (AvgIpc) is 2.13. The van der Waals surface area contributed by atoms with Crippen molar-refractivity contribution >= 4 is 11.8 Å². The van der Waals surface area contributed by atoms with Gasteiger partial charge in [0.15, 0.2) is 0 Å². The molecule has 1 aliphatic heterocycles. The van der Waals surface area contributed by atoms with Crippen molar-refractivity contribution in [1.29, 1.82) is 0 Å². The van der Waals surface area contributed by atoms with Crippen molar-refractivity contribution in [3.63, 3.8) is 0 Å². The van der Waals surface area contributed by atoms with E-state index < -0.39 is 0 Å². The molecule has 0 aliphatic carbocycles. The minimum Gasteiger partial charge on any atom is -0.661 e. The van der Waals surface area contributed by atoms with E-state index in [1.807, 2.05) is 11.8 Å². The topological polar surface area (TPSA) is 14.1 Å². The zero-order valence-electron chi connectivity index (χ0n) is 6.30. The Kier molecular flexibility index (Phi) is 7.25. The van der Waals surface area contributed by atoms with Crippen molar-refractivity contribution in [2.24, 2.45) is 0 Å². The molecule has 1 unspecified atom stereocenters. The van der Waals surface area contributed by atoms with Gasteiger partial charge in [0.05, 0.1) is 0 Å². The van der Waals surface area contributed by atoms with Gasteiger partial charge in [-0.1, -0.05) is 12.8 Å². The van der Waals surface area contributed by atoms with Gasteiger partial charge in [-0.05, 0) is 17.9 Å². The van der Waals surface area contributed by atoms with Gasteiger partial charge < -0.3 is 5.32 Å². The Balaban J connectivity index is 0.000000810. The first-order valence-corrected chi connectivity index (χ1v) is 4.88. The molecule has 0 aromatic rings. The first-order valence-electron chi connectivity index (χ1n) is 3.59. The van der Waals surface area contributed by atoms with Crippen LogP contribution in [0.15, 0.2) is 0 Å². The van der Waals surface area contributed by atoms with Crippen LogP contribution in [-0.2, 0) is 19.5 Å². The molecule has 63 valence electrons. The normalized spacial score (nSPS) is 26.7. The predicted octanol–water partition coefficient (Wildman–Crippen LogP) is 2.27. The molecule has 1 nitrogen and oxygen atoms in total. The number of hydrogen-bond acceptors (Lipinski definition) is 1. The molecule has 0 N–H and O–H groups in total. The summed E-state index contributed by atoms with van der Waals surface area (Å²) in [5, 5.41) is 5.23. The molecule has 0 saturated carbocycles. The molecule has 1 atom stereocenters. The molecule has 0 aromatic carbocycles. The van der Waals surface area contributed by atoms with E-state index in [1.165, 1.54) is 19.3 Å². The summed E-state index contributed by atoms with van der Waals surface area (Å²) in [5.74, 6) is 0. The number of thioether (sulfide) groups is 1. The van der Waals surface area contributed by atoms with Crippen LogP contribution in [0.25, 0.3) is 5.32 Å². The Labute approximate surface area is 80.5 Å². The van der Waals surface area contributed by atoms with Crippen LogP contribution >= 0.6 is 11.8 Å². The van der Waals surface area contributed by atoms with Crippen molar-refractivity contribution in [3.05, 3.63) is 5.32 Å². The van der Waals surface area contributed by atoms with Gasteiger partial charge in [0.2, 0.25) is 0 Å². The molecule has 0 spiro atoms. The van der Waals surface area contributed by atoms with E-state index >= 15 is 0 Å². The van der Waals surface area contributed by atoms with Gasteiger partial charge in [-0.15, -0.1) is 13.1 Å². The maximum absolute atomic E-state index is 4.40. The fraction of sp³-hybridized carbons (Fsp3) is 1.00. The first-order chi connectivity index (χ1) is 4.43. The second-order valence-electron chi connectivity index (χ2n) is 2.48. The van der Waals surface area contributed by atoms with E-state index in [-0.39, 0.29) is 19.5 Å². The summed E-state index contributed by atoms with van der Waals surface area (Å²) in [6, 6.07) is 0. The summed E-state index contributed by atoms with van der Waals surface area (Å²) in [4.78, 5) is 0. The molecule has 1 aliphatic rings. The van der Waals surface area contributed by atoms with Crippen LogP contribution in [0.1, 0.15) is 19.3 Å². The maximum Gasteiger partial charge on any atom is 0 e. The second-order valence-corrected chi connectivity index (χ2v) is 3.62.